The predicted octanol–water partition coefficient (Wildman–Crippen LogP) is 3.57. The molecule has 124 valence electrons. The van der Waals surface area contributed by atoms with E-state index in [2.05, 4.69) is 16.4 Å². The first-order valence-electron chi connectivity index (χ1n) is 8.28. The number of amides is 1. The second-order valence-electron chi connectivity index (χ2n) is 7.25. The molecule has 1 aliphatic rings. The van der Waals surface area contributed by atoms with Gasteiger partial charge in [0.25, 0.3) is 0 Å². The van der Waals surface area contributed by atoms with E-state index in [0.29, 0.717) is 11.4 Å². The molecule has 1 amide bonds. The van der Waals surface area contributed by atoms with Crippen LogP contribution in [0.4, 0.5) is 5.82 Å². The smallest absolute Gasteiger partial charge is 0.234 e. The Morgan fingerprint density at radius 2 is 2.25 bits per heavy atom. The van der Waals surface area contributed by atoms with Crippen LogP contribution in [0.5, 0.6) is 0 Å². The van der Waals surface area contributed by atoms with Crippen molar-refractivity contribution in [3.63, 3.8) is 0 Å². The molecule has 0 spiro atoms. The molecule has 5 nitrogen and oxygen atoms in total. The van der Waals surface area contributed by atoms with Gasteiger partial charge in [0, 0.05) is 17.9 Å². The highest BCUT2D eigenvalue weighted by atomic mass is 16.2. The molecule has 1 N–H and O–H groups in total. The molecule has 0 bridgehead atoms. The quantitative estimate of drug-likeness (QED) is 0.919. The number of hydrogen-bond acceptors (Lipinski definition) is 3. The highest BCUT2D eigenvalue weighted by Crippen LogP contribution is 2.32. The fourth-order valence-corrected chi connectivity index (χ4v) is 3.25. The summed E-state index contributed by atoms with van der Waals surface area (Å²) in [5, 5.41) is 12.2. The second-order valence-corrected chi connectivity index (χ2v) is 7.25. The molecular formula is C19H22N4O. The van der Waals surface area contributed by atoms with Crippen LogP contribution in [-0.2, 0) is 16.8 Å². The summed E-state index contributed by atoms with van der Waals surface area (Å²) in [5.41, 5.74) is 2.37. The number of pyridine rings is 1. The van der Waals surface area contributed by atoms with Gasteiger partial charge < -0.3 is 9.88 Å². The summed E-state index contributed by atoms with van der Waals surface area (Å²) < 4.78 is 1.94. The highest BCUT2D eigenvalue weighted by molar-refractivity contribution is 5.95. The molecule has 0 radical (unpaired) electrons. The van der Waals surface area contributed by atoms with Crippen LogP contribution in [0.2, 0.25) is 0 Å². The molecule has 2 aromatic heterocycles. The summed E-state index contributed by atoms with van der Waals surface area (Å²) in [4.78, 5) is 17.3. The van der Waals surface area contributed by atoms with Crippen molar-refractivity contribution >= 4 is 11.7 Å². The number of carbonyl (C=O) groups is 1. The molecular weight excluding hydrogens is 300 g/mol. The number of nitrogens with zero attached hydrogens (tertiary/aromatic N) is 3. The fourth-order valence-electron chi connectivity index (χ4n) is 3.25. The van der Waals surface area contributed by atoms with Gasteiger partial charge in [0.2, 0.25) is 5.91 Å². The predicted molar refractivity (Wildman–Crippen MR) is 92.7 cm³/mol. The van der Waals surface area contributed by atoms with Crippen LogP contribution in [0.25, 0.3) is 0 Å². The molecule has 0 unspecified atom stereocenters. The summed E-state index contributed by atoms with van der Waals surface area (Å²) in [6, 6.07) is 7.84. The van der Waals surface area contributed by atoms with E-state index in [4.69, 9.17) is 5.26 Å². The lowest BCUT2D eigenvalue weighted by Gasteiger charge is -2.27. The van der Waals surface area contributed by atoms with E-state index >= 15 is 0 Å². The normalized spacial score (nSPS) is 17.0. The minimum Gasteiger partial charge on any atom is -0.328 e. The Kier molecular flexibility index (Phi) is 4.15. The first kappa shape index (κ1) is 16.3. The monoisotopic (exact) mass is 322 g/mol. The number of fused-ring (bicyclic) bond motifs is 1. The maximum atomic E-state index is 12.9. The van der Waals surface area contributed by atoms with Crippen LogP contribution in [0, 0.1) is 11.3 Å². The van der Waals surface area contributed by atoms with Crippen molar-refractivity contribution in [3.05, 3.63) is 47.4 Å². The number of aromatic nitrogens is 2. The van der Waals surface area contributed by atoms with Crippen molar-refractivity contribution in [2.45, 2.75) is 51.5 Å². The zero-order valence-corrected chi connectivity index (χ0v) is 14.3. The summed E-state index contributed by atoms with van der Waals surface area (Å²) >= 11 is 0. The Morgan fingerprint density at radius 3 is 2.96 bits per heavy atom. The Labute approximate surface area is 142 Å². The number of carbonyl (C=O) groups excluding carboxylic acids is 1. The zero-order valence-electron chi connectivity index (χ0n) is 14.3. The van der Waals surface area contributed by atoms with E-state index in [1.54, 1.807) is 18.5 Å². The number of hydrogen-bond donors (Lipinski definition) is 1. The Morgan fingerprint density at radius 1 is 1.46 bits per heavy atom. The van der Waals surface area contributed by atoms with Gasteiger partial charge in [-0.1, -0.05) is 6.07 Å². The van der Waals surface area contributed by atoms with Gasteiger partial charge in [0.15, 0.2) is 0 Å². The Hall–Kier alpha value is -2.61. The largest absolute Gasteiger partial charge is 0.328 e. The molecule has 0 aliphatic heterocycles. The molecule has 0 aromatic carbocycles. The lowest BCUT2D eigenvalue weighted by atomic mass is 9.86. The van der Waals surface area contributed by atoms with Crippen molar-refractivity contribution in [3.8, 4) is 6.07 Å². The zero-order chi connectivity index (χ0) is 17.3. The van der Waals surface area contributed by atoms with Crippen LogP contribution in [0.1, 0.15) is 56.4 Å². The van der Waals surface area contributed by atoms with Gasteiger partial charge in [-0.05, 0) is 57.7 Å². The minimum absolute atomic E-state index is 0.0530. The van der Waals surface area contributed by atoms with E-state index in [9.17, 15) is 4.79 Å². The van der Waals surface area contributed by atoms with Gasteiger partial charge in [-0.2, -0.15) is 5.26 Å². The molecule has 0 saturated heterocycles. The van der Waals surface area contributed by atoms with Gasteiger partial charge >= 0.3 is 0 Å². The second kappa shape index (κ2) is 6.12. The van der Waals surface area contributed by atoms with Crippen LogP contribution >= 0.6 is 0 Å². The number of anilines is 1. The molecule has 3 rings (SSSR count). The van der Waals surface area contributed by atoms with Gasteiger partial charge in [-0.3, -0.25) is 9.78 Å². The molecule has 5 heteroatoms. The topological polar surface area (TPSA) is 70.7 Å². The number of aryl methyl sites for hydroxylation is 1. The summed E-state index contributed by atoms with van der Waals surface area (Å²) in [6.45, 7) is 6.13. The van der Waals surface area contributed by atoms with Crippen molar-refractivity contribution in [2.24, 2.45) is 0 Å². The van der Waals surface area contributed by atoms with Gasteiger partial charge in [-0.25, -0.2) is 0 Å². The summed E-state index contributed by atoms with van der Waals surface area (Å²) in [5.74, 6) is 0.374. The standard InChI is InChI=1S/C19H22N4O/c1-19(2,3)23-12-13(11-20)10-16(23)22-18(24)15-8-4-6-14-7-5-9-21-17(14)15/h5,7,9-10,12,15H,4,6,8H2,1-3H3,(H,22,24)/t15-/m1/s1. The van der Waals surface area contributed by atoms with Crippen LogP contribution < -0.4 is 5.32 Å². The fraction of sp³-hybridized carbons (Fsp3) is 0.421. The third-order valence-electron chi connectivity index (χ3n) is 4.43. The van der Waals surface area contributed by atoms with Gasteiger partial charge in [-0.15, -0.1) is 0 Å². The lowest BCUT2D eigenvalue weighted by molar-refractivity contribution is -0.118. The lowest BCUT2D eigenvalue weighted by Crippen LogP contribution is -2.29. The SMILES string of the molecule is CC(C)(C)n1cc(C#N)cc1NC(=O)[C@@H]1CCCc2cccnc21. The van der Waals surface area contributed by atoms with Crippen molar-refractivity contribution in [1.82, 2.24) is 9.55 Å². The molecule has 24 heavy (non-hydrogen) atoms. The summed E-state index contributed by atoms with van der Waals surface area (Å²) in [7, 11) is 0. The van der Waals surface area contributed by atoms with Crippen LogP contribution in [-0.4, -0.2) is 15.5 Å². The molecule has 1 atom stereocenters. The third-order valence-corrected chi connectivity index (χ3v) is 4.43. The average Bonchev–Trinajstić information content (AvgIpc) is 2.97. The Balaban J connectivity index is 1.89. The summed E-state index contributed by atoms with van der Waals surface area (Å²) in [6.07, 6.45) is 6.29. The maximum Gasteiger partial charge on any atom is 0.234 e. The molecule has 1 aliphatic carbocycles. The minimum atomic E-state index is -0.233. The van der Waals surface area contributed by atoms with E-state index < -0.39 is 0 Å². The van der Waals surface area contributed by atoms with E-state index in [0.717, 1.165) is 30.5 Å². The molecule has 0 saturated carbocycles. The first-order valence-corrected chi connectivity index (χ1v) is 8.28. The molecule has 2 heterocycles. The highest BCUT2D eigenvalue weighted by Gasteiger charge is 2.29. The number of nitrogens with one attached hydrogen (secondary N) is 1. The van der Waals surface area contributed by atoms with Crippen molar-refractivity contribution in [1.29, 1.82) is 5.26 Å². The van der Waals surface area contributed by atoms with Crippen molar-refractivity contribution < 1.29 is 4.79 Å². The van der Waals surface area contributed by atoms with Crippen LogP contribution in [0.3, 0.4) is 0 Å². The third kappa shape index (κ3) is 3.05. The first-order chi connectivity index (χ1) is 11.4. The van der Waals surface area contributed by atoms with Crippen LogP contribution in [0.15, 0.2) is 30.6 Å². The van der Waals surface area contributed by atoms with Crippen molar-refractivity contribution in [2.75, 3.05) is 5.32 Å². The number of rotatable bonds is 2. The maximum absolute atomic E-state index is 12.9. The van der Waals surface area contributed by atoms with Gasteiger partial charge in [0.1, 0.15) is 11.9 Å². The average molecular weight is 322 g/mol. The van der Waals surface area contributed by atoms with E-state index in [1.165, 1.54) is 0 Å². The molecule has 0 fully saturated rings. The van der Waals surface area contributed by atoms with E-state index in [-0.39, 0.29) is 17.4 Å². The number of nitriles is 1. The van der Waals surface area contributed by atoms with Gasteiger partial charge in [0.05, 0.1) is 17.2 Å². The van der Waals surface area contributed by atoms with E-state index in [1.807, 2.05) is 37.5 Å². The Bertz CT molecular complexity index is 808. The molecule has 2 aromatic rings.